The van der Waals surface area contributed by atoms with Crippen molar-refractivity contribution in [2.45, 2.75) is 44.9 Å². The van der Waals surface area contributed by atoms with Gasteiger partial charge < -0.3 is 15.7 Å². The molecule has 2 rings (SSSR count). The van der Waals surface area contributed by atoms with Gasteiger partial charge in [-0.2, -0.15) is 13.2 Å². The number of guanidine groups is 1. The summed E-state index contributed by atoms with van der Waals surface area (Å²) in [4.78, 5) is 6.06. The van der Waals surface area contributed by atoms with Gasteiger partial charge in [0.05, 0.1) is 12.6 Å². The molecule has 5 nitrogen and oxygen atoms in total. The molecule has 1 aromatic rings. The van der Waals surface area contributed by atoms with Gasteiger partial charge in [0.2, 0.25) is 0 Å². The average Bonchev–Trinajstić information content (AvgIpc) is 2.69. The zero-order valence-corrected chi connectivity index (χ0v) is 17.1. The van der Waals surface area contributed by atoms with Crippen molar-refractivity contribution in [2.24, 2.45) is 10.9 Å². The van der Waals surface area contributed by atoms with Gasteiger partial charge in [-0.1, -0.05) is 30.3 Å². The average molecular weight is 415 g/mol. The number of aliphatic hydroxyl groups excluding tert-OH is 1. The summed E-state index contributed by atoms with van der Waals surface area (Å²) in [5, 5.41) is 16.7. The summed E-state index contributed by atoms with van der Waals surface area (Å²) in [6.07, 6.45) is -1.60. The predicted molar refractivity (Wildman–Crippen MR) is 110 cm³/mol. The lowest BCUT2D eigenvalue weighted by molar-refractivity contribution is -0.148. The van der Waals surface area contributed by atoms with E-state index >= 15 is 0 Å². The first-order chi connectivity index (χ1) is 13.9. The van der Waals surface area contributed by atoms with Crippen LogP contribution in [0.4, 0.5) is 13.2 Å². The van der Waals surface area contributed by atoms with Gasteiger partial charge in [0, 0.05) is 19.6 Å². The van der Waals surface area contributed by atoms with E-state index in [9.17, 15) is 18.3 Å². The Bertz CT molecular complexity index is 602. The maximum atomic E-state index is 12.5. The molecule has 1 atom stereocenters. The Morgan fingerprint density at radius 3 is 2.52 bits per heavy atom. The Hall–Kier alpha value is -1.80. The number of alkyl halides is 3. The molecule has 0 bridgehead atoms. The van der Waals surface area contributed by atoms with Crippen LogP contribution in [0.5, 0.6) is 0 Å². The third kappa shape index (κ3) is 9.49. The Morgan fingerprint density at radius 2 is 1.90 bits per heavy atom. The molecule has 8 heteroatoms. The molecule has 1 heterocycles. The van der Waals surface area contributed by atoms with Crippen LogP contribution in [-0.2, 0) is 0 Å². The van der Waals surface area contributed by atoms with Crippen molar-refractivity contribution in [2.75, 3.05) is 39.3 Å². The highest BCUT2D eigenvalue weighted by Gasteiger charge is 2.32. The van der Waals surface area contributed by atoms with Gasteiger partial charge in [0.15, 0.2) is 5.96 Å². The summed E-state index contributed by atoms with van der Waals surface area (Å²) in [6, 6.07) is 9.55. The molecule has 164 valence electrons. The van der Waals surface area contributed by atoms with E-state index in [-0.39, 0.29) is 0 Å². The summed E-state index contributed by atoms with van der Waals surface area (Å²) >= 11 is 0. The van der Waals surface area contributed by atoms with Gasteiger partial charge in [0.25, 0.3) is 0 Å². The highest BCUT2D eigenvalue weighted by Crippen LogP contribution is 2.24. The number of aliphatic hydroxyl groups is 1. The van der Waals surface area contributed by atoms with Crippen molar-refractivity contribution in [3.63, 3.8) is 0 Å². The van der Waals surface area contributed by atoms with E-state index in [2.05, 4.69) is 15.6 Å². The number of halogens is 3. The zero-order chi connectivity index (χ0) is 21.1. The zero-order valence-electron chi connectivity index (χ0n) is 17.1. The lowest BCUT2D eigenvalue weighted by atomic mass is 9.93. The topological polar surface area (TPSA) is 59.9 Å². The van der Waals surface area contributed by atoms with Crippen LogP contribution in [0.2, 0.25) is 0 Å². The molecule has 1 aromatic carbocycles. The van der Waals surface area contributed by atoms with Crippen molar-refractivity contribution < 1.29 is 18.3 Å². The first kappa shape index (κ1) is 23.5. The number of nitrogens with zero attached hydrogens (tertiary/aromatic N) is 2. The van der Waals surface area contributed by atoms with Crippen LogP contribution >= 0.6 is 0 Å². The van der Waals surface area contributed by atoms with Crippen molar-refractivity contribution in [3.05, 3.63) is 35.9 Å². The van der Waals surface area contributed by atoms with Crippen LogP contribution in [0.3, 0.4) is 0 Å². The smallest absolute Gasteiger partial charge is 0.388 e. The van der Waals surface area contributed by atoms with Crippen LogP contribution < -0.4 is 10.6 Å². The molecular weight excluding hydrogens is 381 g/mol. The van der Waals surface area contributed by atoms with E-state index in [1.54, 1.807) is 0 Å². The molecule has 0 aromatic heterocycles. The maximum Gasteiger partial charge on any atom is 0.401 e. The molecule has 1 unspecified atom stereocenters. The number of piperidine rings is 1. The summed E-state index contributed by atoms with van der Waals surface area (Å²) in [5.41, 5.74) is 0.896. The van der Waals surface area contributed by atoms with E-state index in [4.69, 9.17) is 0 Å². The lowest BCUT2D eigenvalue weighted by Gasteiger charge is -2.32. The molecule has 0 radical (unpaired) electrons. The van der Waals surface area contributed by atoms with Crippen molar-refractivity contribution in [1.29, 1.82) is 0 Å². The van der Waals surface area contributed by atoms with Gasteiger partial charge in [-0.15, -0.1) is 0 Å². The van der Waals surface area contributed by atoms with E-state index in [0.717, 1.165) is 31.4 Å². The summed E-state index contributed by atoms with van der Waals surface area (Å²) in [5.74, 6) is 1.13. The van der Waals surface area contributed by atoms with Crippen LogP contribution in [0.25, 0.3) is 0 Å². The number of likely N-dealkylation sites (tertiary alicyclic amines) is 1. The fraction of sp³-hybridized carbons (Fsp3) is 0.667. The Labute approximate surface area is 171 Å². The van der Waals surface area contributed by atoms with E-state index in [1.807, 2.05) is 37.3 Å². The third-order valence-corrected chi connectivity index (χ3v) is 5.16. The summed E-state index contributed by atoms with van der Waals surface area (Å²) < 4.78 is 37.4. The van der Waals surface area contributed by atoms with Crippen LogP contribution in [0.15, 0.2) is 35.3 Å². The molecule has 3 N–H and O–H groups in total. The number of hydrogen-bond acceptors (Lipinski definition) is 3. The Balaban J connectivity index is 1.68. The molecular formula is C21H33F3N4O. The molecule has 0 saturated carbocycles. The minimum atomic E-state index is -4.11. The normalized spacial score (nSPS) is 17.9. The Morgan fingerprint density at radius 1 is 1.21 bits per heavy atom. The first-order valence-corrected chi connectivity index (χ1v) is 10.4. The number of benzene rings is 1. The van der Waals surface area contributed by atoms with Gasteiger partial charge in [-0.25, -0.2) is 0 Å². The second-order valence-corrected chi connectivity index (χ2v) is 7.53. The number of hydrogen-bond donors (Lipinski definition) is 3. The van der Waals surface area contributed by atoms with Gasteiger partial charge in [0.1, 0.15) is 0 Å². The molecule has 1 aliphatic rings. The van der Waals surface area contributed by atoms with E-state index in [0.29, 0.717) is 44.5 Å². The van der Waals surface area contributed by atoms with Gasteiger partial charge >= 0.3 is 6.18 Å². The van der Waals surface area contributed by atoms with Crippen LogP contribution in [-0.4, -0.2) is 61.4 Å². The molecule has 0 aliphatic carbocycles. The fourth-order valence-electron chi connectivity index (χ4n) is 3.56. The monoisotopic (exact) mass is 414 g/mol. The highest BCUT2D eigenvalue weighted by molar-refractivity contribution is 5.79. The second kappa shape index (κ2) is 12.0. The largest absolute Gasteiger partial charge is 0.401 e. The minimum absolute atomic E-state index is 0.422. The van der Waals surface area contributed by atoms with Gasteiger partial charge in [-0.3, -0.25) is 9.89 Å². The van der Waals surface area contributed by atoms with Crippen LogP contribution in [0.1, 0.15) is 44.3 Å². The number of aliphatic imine (C=N–C) groups is 1. The minimum Gasteiger partial charge on any atom is -0.388 e. The molecule has 0 amide bonds. The summed E-state index contributed by atoms with van der Waals surface area (Å²) in [6.45, 7) is 4.17. The second-order valence-electron chi connectivity index (χ2n) is 7.53. The SMILES string of the molecule is CCNC(=NCCC1CCN(CC(F)(F)F)CC1)NCCC(O)c1ccccc1. The van der Waals surface area contributed by atoms with Crippen LogP contribution in [0, 0.1) is 5.92 Å². The lowest BCUT2D eigenvalue weighted by Crippen LogP contribution is -2.40. The third-order valence-electron chi connectivity index (χ3n) is 5.16. The van der Waals surface area contributed by atoms with Crippen molar-refractivity contribution >= 4 is 5.96 Å². The highest BCUT2D eigenvalue weighted by atomic mass is 19.4. The van der Waals surface area contributed by atoms with E-state index < -0.39 is 18.8 Å². The van der Waals surface area contributed by atoms with E-state index in [1.165, 1.54) is 4.90 Å². The van der Waals surface area contributed by atoms with Crippen molar-refractivity contribution in [3.8, 4) is 0 Å². The Kier molecular flexibility index (Phi) is 9.73. The van der Waals surface area contributed by atoms with Gasteiger partial charge in [-0.05, 0) is 57.2 Å². The standard InChI is InChI=1S/C21H33F3N4O/c1-2-25-20(27-13-9-19(29)18-6-4-3-5-7-18)26-12-8-17-10-14-28(15-11-17)16-21(22,23)24/h3-7,17,19,29H,2,8-16H2,1H3,(H2,25,26,27). The number of rotatable bonds is 9. The quantitative estimate of drug-likeness (QED) is 0.429. The van der Waals surface area contributed by atoms with Crippen molar-refractivity contribution in [1.82, 2.24) is 15.5 Å². The number of nitrogens with one attached hydrogen (secondary N) is 2. The molecule has 1 fully saturated rings. The molecule has 0 spiro atoms. The summed E-state index contributed by atoms with van der Waals surface area (Å²) in [7, 11) is 0. The predicted octanol–water partition coefficient (Wildman–Crippen LogP) is 3.33. The first-order valence-electron chi connectivity index (χ1n) is 10.4. The molecule has 1 saturated heterocycles. The molecule has 1 aliphatic heterocycles. The fourth-order valence-corrected chi connectivity index (χ4v) is 3.56. The molecule has 29 heavy (non-hydrogen) atoms. The maximum absolute atomic E-state index is 12.5.